The third-order valence-corrected chi connectivity index (χ3v) is 4.65. The Hall–Kier alpha value is -2.82. The summed E-state index contributed by atoms with van der Waals surface area (Å²) in [4.78, 5) is 26.1. The molecule has 0 saturated carbocycles. The number of rotatable bonds is 4. The summed E-state index contributed by atoms with van der Waals surface area (Å²) in [5.74, 6) is 0.399. The highest BCUT2D eigenvalue weighted by molar-refractivity contribution is 5.96. The van der Waals surface area contributed by atoms with Crippen LogP contribution in [-0.2, 0) is 4.79 Å². The number of nitrogens with zero attached hydrogens (tertiary/aromatic N) is 1. The van der Waals surface area contributed by atoms with E-state index in [9.17, 15) is 14.7 Å². The number of amides is 2. The fourth-order valence-electron chi connectivity index (χ4n) is 3.17. The van der Waals surface area contributed by atoms with Crippen molar-refractivity contribution in [2.45, 2.75) is 18.8 Å². The van der Waals surface area contributed by atoms with Crippen LogP contribution in [0.25, 0.3) is 0 Å². The highest BCUT2D eigenvalue weighted by Gasteiger charge is 2.24. The average molecular weight is 338 g/mol. The van der Waals surface area contributed by atoms with Crippen LogP contribution in [0.15, 0.2) is 54.6 Å². The second-order valence-electron chi connectivity index (χ2n) is 6.30. The van der Waals surface area contributed by atoms with E-state index in [1.54, 1.807) is 36.4 Å². The SMILES string of the molecule is O=C(NCC(=O)N1CCC(c2ccc(O)cc2)CC1)c1ccccc1. The number of likely N-dealkylation sites (tertiary alicyclic amines) is 1. The van der Waals surface area contributed by atoms with Crippen LogP contribution in [0.4, 0.5) is 0 Å². The monoisotopic (exact) mass is 338 g/mol. The van der Waals surface area contributed by atoms with Gasteiger partial charge in [-0.15, -0.1) is 0 Å². The predicted molar refractivity (Wildman–Crippen MR) is 95.4 cm³/mol. The molecule has 0 radical (unpaired) electrons. The van der Waals surface area contributed by atoms with Gasteiger partial charge >= 0.3 is 0 Å². The molecule has 1 heterocycles. The summed E-state index contributed by atoms with van der Waals surface area (Å²) in [6.45, 7) is 1.40. The normalized spacial score (nSPS) is 15.0. The van der Waals surface area contributed by atoms with Crippen molar-refractivity contribution in [1.82, 2.24) is 10.2 Å². The summed E-state index contributed by atoms with van der Waals surface area (Å²) in [7, 11) is 0. The maximum Gasteiger partial charge on any atom is 0.251 e. The molecule has 2 aromatic carbocycles. The average Bonchev–Trinajstić information content (AvgIpc) is 2.67. The van der Waals surface area contributed by atoms with Gasteiger partial charge < -0.3 is 15.3 Å². The Morgan fingerprint density at radius 3 is 2.28 bits per heavy atom. The number of phenolic OH excluding ortho intramolecular Hbond substituents is 1. The Bertz CT molecular complexity index is 720. The van der Waals surface area contributed by atoms with Crippen LogP contribution in [0, 0.1) is 0 Å². The third kappa shape index (κ3) is 4.38. The Balaban J connectivity index is 1.47. The standard InChI is InChI=1S/C20H22N2O3/c23-18-8-6-15(7-9-18)16-10-12-22(13-11-16)19(24)14-21-20(25)17-4-2-1-3-5-17/h1-9,16,23H,10-14H2,(H,21,25). The minimum atomic E-state index is -0.229. The highest BCUT2D eigenvalue weighted by Crippen LogP contribution is 2.28. The van der Waals surface area contributed by atoms with Gasteiger partial charge in [-0.05, 0) is 48.6 Å². The topological polar surface area (TPSA) is 69.6 Å². The summed E-state index contributed by atoms with van der Waals surface area (Å²) in [6.07, 6.45) is 1.78. The number of benzene rings is 2. The van der Waals surface area contributed by atoms with E-state index < -0.39 is 0 Å². The van der Waals surface area contributed by atoms with Gasteiger partial charge in [-0.1, -0.05) is 30.3 Å². The van der Waals surface area contributed by atoms with Crippen molar-refractivity contribution in [2.75, 3.05) is 19.6 Å². The van der Waals surface area contributed by atoms with E-state index in [4.69, 9.17) is 0 Å². The van der Waals surface area contributed by atoms with E-state index in [0.717, 1.165) is 12.8 Å². The molecule has 1 aliphatic rings. The molecule has 0 unspecified atom stereocenters. The fraction of sp³-hybridized carbons (Fsp3) is 0.300. The lowest BCUT2D eigenvalue weighted by atomic mass is 9.89. The lowest BCUT2D eigenvalue weighted by Crippen LogP contribution is -2.43. The number of carbonyl (C=O) groups excluding carboxylic acids is 2. The lowest BCUT2D eigenvalue weighted by molar-refractivity contribution is -0.131. The Morgan fingerprint density at radius 2 is 1.64 bits per heavy atom. The summed E-state index contributed by atoms with van der Waals surface area (Å²) in [5, 5.41) is 12.1. The van der Waals surface area contributed by atoms with Gasteiger partial charge in [-0.3, -0.25) is 9.59 Å². The van der Waals surface area contributed by atoms with Gasteiger partial charge in [0, 0.05) is 18.7 Å². The van der Waals surface area contributed by atoms with E-state index in [0.29, 0.717) is 24.6 Å². The van der Waals surface area contributed by atoms with Gasteiger partial charge in [-0.25, -0.2) is 0 Å². The number of aromatic hydroxyl groups is 1. The van der Waals surface area contributed by atoms with Crippen LogP contribution in [0.2, 0.25) is 0 Å². The van der Waals surface area contributed by atoms with Gasteiger partial charge in [0.25, 0.3) is 5.91 Å². The Labute approximate surface area is 147 Å². The molecule has 3 rings (SSSR count). The molecule has 0 spiro atoms. The first-order valence-electron chi connectivity index (χ1n) is 8.53. The van der Waals surface area contributed by atoms with Crippen LogP contribution < -0.4 is 5.32 Å². The van der Waals surface area contributed by atoms with E-state index in [2.05, 4.69) is 5.32 Å². The summed E-state index contributed by atoms with van der Waals surface area (Å²) >= 11 is 0. The van der Waals surface area contributed by atoms with Gasteiger partial charge in [0.15, 0.2) is 0 Å². The minimum Gasteiger partial charge on any atom is -0.508 e. The zero-order valence-corrected chi connectivity index (χ0v) is 14.0. The maximum atomic E-state index is 12.3. The molecule has 0 bridgehead atoms. The largest absolute Gasteiger partial charge is 0.508 e. The van der Waals surface area contributed by atoms with Crippen molar-refractivity contribution in [2.24, 2.45) is 0 Å². The van der Waals surface area contributed by atoms with Crippen molar-refractivity contribution >= 4 is 11.8 Å². The van der Waals surface area contributed by atoms with Gasteiger partial charge in [-0.2, -0.15) is 0 Å². The summed E-state index contributed by atoms with van der Waals surface area (Å²) in [6, 6.07) is 16.2. The minimum absolute atomic E-state index is 0.0254. The van der Waals surface area contributed by atoms with E-state index >= 15 is 0 Å². The second kappa shape index (κ2) is 7.83. The quantitative estimate of drug-likeness (QED) is 0.900. The number of phenols is 1. The van der Waals surface area contributed by atoms with Crippen LogP contribution in [-0.4, -0.2) is 41.5 Å². The molecule has 0 atom stereocenters. The molecule has 0 aliphatic carbocycles. The first-order chi connectivity index (χ1) is 12.1. The Morgan fingerprint density at radius 1 is 1.00 bits per heavy atom. The predicted octanol–water partition coefficient (Wildman–Crippen LogP) is 2.53. The number of nitrogens with one attached hydrogen (secondary N) is 1. The smallest absolute Gasteiger partial charge is 0.251 e. The number of piperidine rings is 1. The zero-order valence-electron chi connectivity index (χ0n) is 14.0. The fourth-order valence-corrected chi connectivity index (χ4v) is 3.17. The highest BCUT2D eigenvalue weighted by atomic mass is 16.3. The number of hydrogen-bond acceptors (Lipinski definition) is 3. The van der Waals surface area contributed by atoms with E-state index in [1.165, 1.54) is 5.56 Å². The maximum absolute atomic E-state index is 12.3. The molecule has 1 fully saturated rings. The molecule has 5 heteroatoms. The molecule has 1 aliphatic heterocycles. The van der Waals surface area contributed by atoms with Crippen molar-refractivity contribution in [3.8, 4) is 5.75 Å². The zero-order chi connectivity index (χ0) is 17.6. The lowest BCUT2D eigenvalue weighted by Gasteiger charge is -2.32. The molecule has 130 valence electrons. The van der Waals surface area contributed by atoms with Crippen molar-refractivity contribution in [3.05, 3.63) is 65.7 Å². The van der Waals surface area contributed by atoms with Crippen molar-refractivity contribution in [3.63, 3.8) is 0 Å². The van der Waals surface area contributed by atoms with Crippen LogP contribution in [0.1, 0.15) is 34.7 Å². The van der Waals surface area contributed by atoms with Gasteiger partial charge in [0.1, 0.15) is 5.75 Å². The molecule has 2 amide bonds. The van der Waals surface area contributed by atoms with Crippen LogP contribution in [0.3, 0.4) is 0 Å². The molecule has 1 saturated heterocycles. The molecule has 0 aromatic heterocycles. The number of hydrogen-bond donors (Lipinski definition) is 2. The van der Waals surface area contributed by atoms with Gasteiger partial charge in [0.05, 0.1) is 6.54 Å². The van der Waals surface area contributed by atoms with E-state index in [-0.39, 0.29) is 24.1 Å². The Kier molecular flexibility index (Phi) is 5.33. The molecule has 2 aromatic rings. The molecule has 25 heavy (non-hydrogen) atoms. The van der Waals surface area contributed by atoms with E-state index in [1.807, 2.05) is 23.1 Å². The van der Waals surface area contributed by atoms with Gasteiger partial charge in [0.2, 0.25) is 5.91 Å². The second-order valence-corrected chi connectivity index (χ2v) is 6.30. The molecule has 5 nitrogen and oxygen atoms in total. The summed E-state index contributed by atoms with van der Waals surface area (Å²) in [5.41, 5.74) is 1.75. The first-order valence-corrected chi connectivity index (χ1v) is 8.53. The molecular weight excluding hydrogens is 316 g/mol. The summed E-state index contributed by atoms with van der Waals surface area (Å²) < 4.78 is 0. The first kappa shape index (κ1) is 17.0. The third-order valence-electron chi connectivity index (χ3n) is 4.65. The molecule has 2 N–H and O–H groups in total. The van der Waals surface area contributed by atoms with Crippen LogP contribution >= 0.6 is 0 Å². The van der Waals surface area contributed by atoms with Crippen molar-refractivity contribution < 1.29 is 14.7 Å². The number of carbonyl (C=O) groups is 2. The molecular formula is C20H22N2O3. The van der Waals surface area contributed by atoms with Crippen LogP contribution in [0.5, 0.6) is 5.75 Å². The van der Waals surface area contributed by atoms with Crippen molar-refractivity contribution in [1.29, 1.82) is 0 Å².